The fourth-order valence-electron chi connectivity index (χ4n) is 1.51. The highest BCUT2D eigenvalue weighted by Crippen LogP contribution is 2.16. The molecule has 0 saturated heterocycles. The fraction of sp³-hybridized carbons (Fsp3) is 0.0769. The van der Waals surface area contributed by atoms with Crippen molar-refractivity contribution < 1.29 is 13.6 Å². The minimum absolute atomic E-state index is 0.245. The molecule has 2 nitrogen and oxygen atoms in total. The molecule has 2 aromatic rings. The highest BCUT2D eigenvalue weighted by molar-refractivity contribution is 6.09. The van der Waals surface area contributed by atoms with Gasteiger partial charge in [-0.15, -0.1) is 0 Å². The summed E-state index contributed by atoms with van der Waals surface area (Å²) in [4.78, 5) is 15.8. The van der Waals surface area contributed by atoms with Gasteiger partial charge in [-0.25, -0.2) is 8.78 Å². The Balaban J connectivity index is 2.48. The van der Waals surface area contributed by atoms with Gasteiger partial charge >= 0.3 is 0 Å². The van der Waals surface area contributed by atoms with Gasteiger partial charge in [0.15, 0.2) is 17.4 Å². The van der Waals surface area contributed by atoms with Crippen molar-refractivity contribution in [3.05, 3.63) is 65.0 Å². The van der Waals surface area contributed by atoms with E-state index >= 15 is 0 Å². The largest absolute Gasteiger partial charge is 0.288 e. The van der Waals surface area contributed by atoms with Crippen LogP contribution in [-0.4, -0.2) is 10.8 Å². The lowest BCUT2D eigenvalue weighted by molar-refractivity contribution is 0.103. The van der Waals surface area contributed by atoms with E-state index in [-0.39, 0.29) is 11.1 Å². The van der Waals surface area contributed by atoms with Crippen molar-refractivity contribution in [2.24, 2.45) is 0 Å². The third-order valence-electron chi connectivity index (χ3n) is 2.33. The summed E-state index contributed by atoms with van der Waals surface area (Å²) in [7, 11) is 0. The van der Waals surface area contributed by atoms with Gasteiger partial charge in [0.05, 0.1) is 5.56 Å². The number of pyridine rings is 1. The molecule has 0 N–H and O–H groups in total. The zero-order valence-corrected chi connectivity index (χ0v) is 9.08. The number of aromatic nitrogens is 1. The van der Waals surface area contributed by atoms with Crippen LogP contribution in [0.15, 0.2) is 36.7 Å². The molecule has 86 valence electrons. The van der Waals surface area contributed by atoms with Crippen LogP contribution < -0.4 is 0 Å². The molecule has 0 atom stereocenters. The Morgan fingerprint density at radius 3 is 2.71 bits per heavy atom. The molecular formula is C13H9F2NO. The Morgan fingerprint density at radius 2 is 2.00 bits per heavy atom. The summed E-state index contributed by atoms with van der Waals surface area (Å²) in [5.74, 6) is -2.73. The third kappa shape index (κ3) is 2.20. The smallest absolute Gasteiger partial charge is 0.197 e. The minimum Gasteiger partial charge on any atom is -0.288 e. The summed E-state index contributed by atoms with van der Waals surface area (Å²) in [5.41, 5.74) is 0.750. The molecule has 1 heterocycles. The molecule has 17 heavy (non-hydrogen) atoms. The number of hydrogen-bond acceptors (Lipinski definition) is 2. The van der Waals surface area contributed by atoms with Gasteiger partial charge in [0.25, 0.3) is 0 Å². The summed E-state index contributed by atoms with van der Waals surface area (Å²) < 4.78 is 26.4. The van der Waals surface area contributed by atoms with Crippen LogP contribution in [-0.2, 0) is 0 Å². The molecular weight excluding hydrogens is 224 g/mol. The Morgan fingerprint density at radius 1 is 1.24 bits per heavy atom. The number of nitrogens with zero attached hydrogens (tertiary/aromatic N) is 1. The SMILES string of the molecule is Cc1cncc(C(=O)c2cccc(F)c2F)c1. The van der Waals surface area contributed by atoms with E-state index in [1.165, 1.54) is 18.3 Å². The molecule has 0 aliphatic heterocycles. The van der Waals surface area contributed by atoms with Crippen LogP contribution in [0.4, 0.5) is 8.78 Å². The van der Waals surface area contributed by atoms with E-state index in [1.807, 2.05) is 0 Å². The van der Waals surface area contributed by atoms with Gasteiger partial charge in [-0.05, 0) is 30.7 Å². The molecule has 0 aliphatic carbocycles. The number of halogens is 2. The van der Waals surface area contributed by atoms with E-state index in [4.69, 9.17) is 0 Å². The molecule has 0 spiro atoms. The Kier molecular flexibility index (Phi) is 2.95. The highest BCUT2D eigenvalue weighted by Gasteiger charge is 2.16. The van der Waals surface area contributed by atoms with Crippen LogP contribution >= 0.6 is 0 Å². The monoisotopic (exact) mass is 233 g/mol. The second-order valence-electron chi connectivity index (χ2n) is 3.68. The van der Waals surface area contributed by atoms with Crippen LogP contribution in [0, 0.1) is 18.6 Å². The van der Waals surface area contributed by atoms with E-state index in [2.05, 4.69) is 4.98 Å². The van der Waals surface area contributed by atoms with E-state index in [0.29, 0.717) is 0 Å². The topological polar surface area (TPSA) is 30.0 Å². The number of rotatable bonds is 2. The number of carbonyl (C=O) groups excluding carboxylic acids is 1. The second-order valence-corrected chi connectivity index (χ2v) is 3.68. The van der Waals surface area contributed by atoms with Crippen molar-refractivity contribution in [1.29, 1.82) is 0 Å². The quantitative estimate of drug-likeness (QED) is 0.746. The van der Waals surface area contributed by atoms with E-state index in [0.717, 1.165) is 11.6 Å². The molecule has 4 heteroatoms. The van der Waals surface area contributed by atoms with Crippen LogP contribution in [0.3, 0.4) is 0 Å². The maximum atomic E-state index is 13.4. The van der Waals surface area contributed by atoms with Crippen LogP contribution in [0.2, 0.25) is 0 Å². The van der Waals surface area contributed by atoms with Crippen LogP contribution in [0.1, 0.15) is 21.5 Å². The summed E-state index contributed by atoms with van der Waals surface area (Å²) in [5, 5.41) is 0. The summed E-state index contributed by atoms with van der Waals surface area (Å²) in [6, 6.07) is 5.11. The van der Waals surface area contributed by atoms with Crippen molar-refractivity contribution >= 4 is 5.78 Å². The molecule has 0 radical (unpaired) electrons. The summed E-state index contributed by atoms with van der Waals surface area (Å²) in [6.07, 6.45) is 2.92. The number of aryl methyl sites for hydroxylation is 1. The summed E-state index contributed by atoms with van der Waals surface area (Å²) >= 11 is 0. The van der Waals surface area contributed by atoms with E-state index in [9.17, 15) is 13.6 Å². The fourth-order valence-corrected chi connectivity index (χ4v) is 1.51. The third-order valence-corrected chi connectivity index (χ3v) is 2.33. The van der Waals surface area contributed by atoms with Gasteiger partial charge < -0.3 is 0 Å². The molecule has 0 saturated carbocycles. The second kappa shape index (κ2) is 4.41. The molecule has 0 aliphatic rings. The molecule has 0 fully saturated rings. The lowest BCUT2D eigenvalue weighted by Crippen LogP contribution is -2.06. The molecule has 0 unspecified atom stereocenters. The number of carbonyl (C=O) groups is 1. The Hall–Kier alpha value is -2.10. The zero-order chi connectivity index (χ0) is 12.4. The van der Waals surface area contributed by atoms with Crippen molar-refractivity contribution in [1.82, 2.24) is 4.98 Å². The van der Waals surface area contributed by atoms with Gasteiger partial charge in [-0.2, -0.15) is 0 Å². The first kappa shape index (κ1) is 11.4. The van der Waals surface area contributed by atoms with Gasteiger partial charge in [0.1, 0.15) is 0 Å². The normalized spacial score (nSPS) is 10.3. The molecule has 0 bridgehead atoms. The Bertz CT molecular complexity index is 581. The maximum absolute atomic E-state index is 13.4. The molecule has 1 aromatic heterocycles. The van der Waals surface area contributed by atoms with Crippen LogP contribution in [0.25, 0.3) is 0 Å². The van der Waals surface area contributed by atoms with Gasteiger partial charge in [0, 0.05) is 18.0 Å². The first-order chi connectivity index (χ1) is 8.09. The number of hydrogen-bond donors (Lipinski definition) is 0. The molecule has 0 amide bonds. The lowest BCUT2D eigenvalue weighted by atomic mass is 10.0. The average Bonchev–Trinajstić information content (AvgIpc) is 2.32. The van der Waals surface area contributed by atoms with Gasteiger partial charge in [-0.3, -0.25) is 9.78 Å². The zero-order valence-electron chi connectivity index (χ0n) is 9.08. The van der Waals surface area contributed by atoms with Crippen molar-refractivity contribution in [3.8, 4) is 0 Å². The molecule has 2 rings (SSSR count). The van der Waals surface area contributed by atoms with E-state index in [1.54, 1.807) is 19.2 Å². The van der Waals surface area contributed by atoms with Crippen molar-refractivity contribution in [3.63, 3.8) is 0 Å². The van der Waals surface area contributed by atoms with Crippen molar-refractivity contribution in [2.75, 3.05) is 0 Å². The first-order valence-electron chi connectivity index (χ1n) is 5.00. The first-order valence-corrected chi connectivity index (χ1v) is 5.00. The Labute approximate surface area is 96.9 Å². The minimum atomic E-state index is -1.13. The predicted octanol–water partition coefficient (Wildman–Crippen LogP) is 2.90. The van der Waals surface area contributed by atoms with Gasteiger partial charge in [-0.1, -0.05) is 6.07 Å². The number of ketones is 1. The predicted molar refractivity (Wildman–Crippen MR) is 58.8 cm³/mol. The standard InChI is InChI=1S/C13H9F2NO/c1-8-5-9(7-16-6-8)13(17)10-3-2-4-11(14)12(10)15/h2-7H,1H3. The molecule has 1 aromatic carbocycles. The average molecular weight is 233 g/mol. The maximum Gasteiger partial charge on any atom is 0.197 e. The highest BCUT2D eigenvalue weighted by atomic mass is 19.2. The van der Waals surface area contributed by atoms with Crippen molar-refractivity contribution in [2.45, 2.75) is 6.92 Å². The lowest BCUT2D eigenvalue weighted by Gasteiger charge is -2.03. The number of benzene rings is 1. The van der Waals surface area contributed by atoms with E-state index < -0.39 is 17.4 Å². The van der Waals surface area contributed by atoms with Gasteiger partial charge in [0.2, 0.25) is 0 Å². The van der Waals surface area contributed by atoms with Crippen LogP contribution in [0.5, 0.6) is 0 Å². The summed E-state index contributed by atoms with van der Waals surface area (Å²) in [6.45, 7) is 1.77.